The molecule has 0 radical (unpaired) electrons. The lowest BCUT2D eigenvalue weighted by atomic mass is 10.0. The van der Waals surface area contributed by atoms with Gasteiger partial charge in [0, 0.05) is 6.04 Å². The third-order valence-corrected chi connectivity index (χ3v) is 1.99. The second-order valence-corrected chi connectivity index (χ2v) is 3.30. The summed E-state index contributed by atoms with van der Waals surface area (Å²) in [6.45, 7) is 5.48. The molecule has 3 heteroatoms. The molecule has 1 aliphatic rings. The maximum Gasteiger partial charge on any atom is 0.139 e. The van der Waals surface area contributed by atoms with E-state index in [4.69, 9.17) is 4.74 Å². The molecule has 11 heavy (non-hydrogen) atoms. The molecule has 2 atom stereocenters. The number of rotatable bonds is 2. The smallest absolute Gasteiger partial charge is 0.139 e. The highest BCUT2D eigenvalue weighted by molar-refractivity contribution is 5.57. The van der Waals surface area contributed by atoms with Crippen molar-refractivity contribution in [3.63, 3.8) is 0 Å². The first-order valence-corrected chi connectivity index (χ1v) is 4.03. The lowest BCUT2D eigenvalue weighted by Gasteiger charge is -2.30. The van der Waals surface area contributed by atoms with Crippen molar-refractivity contribution in [2.45, 2.75) is 25.9 Å². The maximum atomic E-state index is 10.4. The average Bonchev–Trinajstić information content (AvgIpc) is 2.05. The number of morpholine rings is 1. The summed E-state index contributed by atoms with van der Waals surface area (Å²) in [6, 6.07) is 0.232. The Morgan fingerprint density at radius 3 is 2.82 bits per heavy atom. The predicted molar refractivity (Wildman–Crippen MR) is 42.4 cm³/mol. The summed E-state index contributed by atoms with van der Waals surface area (Å²) in [4.78, 5) is 10.4. The SMILES string of the molecule is CC(C)C1COCC(C=O)N1. The van der Waals surface area contributed by atoms with Gasteiger partial charge in [0.2, 0.25) is 0 Å². The van der Waals surface area contributed by atoms with E-state index in [2.05, 4.69) is 19.2 Å². The van der Waals surface area contributed by atoms with Gasteiger partial charge in [-0.2, -0.15) is 0 Å². The standard InChI is InChI=1S/C8H15NO2/c1-6(2)8-5-11-4-7(3-10)9-8/h3,6-9H,4-5H2,1-2H3. The summed E-state index contributed by atoms with van der Waals surface area (Å²) < 4.78 is 5.25. The Balaban J connectivity index is 2.39. The topological polar surface area (TPSA) is 38.3 Å². The monoisotopic (exact) mass is 157 g/mol. The van der Waals surface area contributed by atoms with Crippen molar-refractivity contribution >= 4 is 6.29 Å². The van der Waals surface area contributed by atoms with E-state index in [1.54, 1.807) is 0 Å². The fourth-order valence-corrected chi connectivity index (χ4v) is 1.16. The fraction of sp³-hybridized carbons (Fsp3) is 0.875. The molecule has 1 heterocycles. The molecule has 0 aromatic carbocycles. The van der Waals surface area contributed by atoms with Crippen molar-refractivity contribution in [3.05, 3.63) is 0 Å². The number of ether oxygens (including phenoxy) is 1. The average molecular weight is 157 g/mol. The van der Waals surface area contributed by atoms with Gasteiger partial charge in [-0.3, -0.25) is 0 Å². The van der Waals surface area contributed by atoms with Crippen molar-refractivity contribution < 1.29 is 9.53 Å². The first kappa shape index (κ1) is 8.68. The van der Waals surface area contributed by atoms with E-state index < -0.39 is 0 Å². The van der Waals surface area contributed by atoms with Crippen molar-refractivity contribution in [1.82, 2.24) is 5.32 Å². The molecular formula is C8H15NO2. The molecule has 0 aliphatic carbocycles. The predicted octanol–water partition coefficient (Wildman–Crippen LogP) is 0.198. The Labute approximate surface area is 67.1 Å². The van der Waals surface area contributed by atoms with Crippen molar-refractivity contribution in [2.75, 3.05) is 13.2 Å². The molecule has 1 aliphatic heterocycles. The van der Waals surface area contributed by atoms with Crippen LogP contribution >= 0.6 is 0 Å². The van der Waals surface area contributed by atoms with E-state index in [1.807, 2.05) is 0 Å². The lowest BCUT2D eigenvalue weighted by Crippen LogP contribution is -2.51. The van der Waals surface area contributed by atoms with Gasteiger partial charge in [0.1, 0.15) is 6.29 Å². The summed E-state index contributed by atoms with van der Waals surface area (Å²) >= 11 is 0. The molecule has 0 aromatic rings. The van der Waals surface area contributed by atoms with E-state index in [0.29, 0.717) is 18.6 Å². The van der Waals surface area contributed by atoms with Crippen molar-refractivity contribution in [3.8, 4) is 0 Å². The largest absolute Gasteiger partial charge is 0.378 e. The van der Waals surface area contributed by atoms with Crippen LogP contribution in [0.1, 0.15) is 13.8 Å². The highest BCUT2D eigenvalue weighted by atomic mass is 16.5. The van der Waals surface area contributed by atoms with Crippen LogP contribution < -0.4 is 5.32 Å². The lowest BCUT2D eigenvalue weighted by molar-refractivity contribution is -0.113. The summed E-state index contributed by atoms with van der Waals surface area (Å²) in [6.07, 6.45) is 0.911. The Bertz CT molecular complexity index is 136. The summed E-state index contributed by atoms with van der Waals surface area (Å²) in [7, 11) is 0. The van der Waals surface area contributed by atoms with Crippen molar-refractivity contribution in [1.29, 1.82) is 0 Å². The highest BCUT2D eigenvalue weighted by Gasteiger charge is 2.22. The van der Waals surface area contributed by atoms with E-state index >= 15 is 0 Å². The van der Waals surface area contributed by atoms with Gasteiger partial charge in [-0.05, 0) is 5.92 Å². The zero-order valence-electron chi connectivity index (χ0n) is 7.04. The zero-order chi connectivity index (χ0) is 8.27. The second-order valence-electron chi connectivity index (χ2n) is 3.30. The second kappa shape index (κ2) is 3.83. The Morgan fingerprint density at radius 2 is 2.27 bits per heavy atom. The number of hydrogen-bond donors (Lipinski definition) is 1. The van der Waals surface area contributed by atoms with Gasteiger partial charge < -0.3 is 14.8 Å². The molecule has 1 N–H and O–H groups in total. The quantitative estimate of drug-likeness (QED) is 0.582. The van der Waals surface area contributed by atoms with Crippen LogP contribution in [0.4, 0.5) is 0 Å². The van der Waals surface area contributed by atoms with Gasteiger partial charge in [-0.1, -0.05) is 13.8 Å². The molecule has 0 aromatic heterocycles. The van der Waals surface area contributed by atoms with Crippen LogP contribution in [0.3, 0.4) is 0 Å². The van der Waals surface area contributed by atoms with Gasteiger partial charge in [-0.25, -0.2) is 0 Å². The highest BCUT2D eigenvalue weighted by Crippen LogP contribution is 2.07. The fourth-order valence-electron chi connectivity index (χ4n) is 1.16. The minimum absolute atomic E-state index is 0.101. The van der Waals surface area contributed by atoms with E-state index in [9.17, 15) is 4.79 Å². The van der Waals surface area contributed by atoms with Crippen LogP contribution in [0.25, 0.3) is 0 Å². The normalized spacial score (nSPS) is 32.3. The molecule has 1 fully saturated rings. The van der Waals surface area contributed by atoms with Gasteiger partial charge in [0.05, 0.1) is 19.3 Å². The number of carbonyl (C=O) groups is 1. The first-order valence-electron chi connectivity index (χ1n) is 4.03. The van der Waals surface area contributed by atoms with Crippen molar-refractivity contribution in [2.24, 2.45) is 5.92 Å². The maximum absolute atomic E-state index is 10.4. The summed E-state index contributed by atoms with van der Waals surface area (Å²) in [5, 5.41) is 3.21. The molecule has 0 saturated carbocycles. The molecule has 1 rings (SSSR count). The molecular weight excluding hydrogens is 142 g/mol. The zero-order valence-corrected chi connectivity index (χ0v) is 7.04. The van der Waals surface area contributed by atoms with Crippen LogP contribution in [0.2, 0.25) is 0 Å². The van der Waals surface area contributed by atoms with Crippen LogP contribution in [0.15, 0.2) is 0 Å². The van der Waals surface area contributed by atoms with Crippen LogP contribution in [0.5, 0.6) is 0 Å². The van der Waals surface area contributed by atoms with E-state index in [-0.39, 0.29) is 6.04 Å². The van der Waals surface area contributed by atoms with Gasteiger partial charge in [-0.15, -0.1) is 0 Å². The van der Waals surface area contributed by atoms with Gasteiger partial charge >= 0.3 is 0 Å². The Kier molecular flexibility index (Phi) is 3.02. The molecule has 1 saturated heterocycles. The molecule has 0 spiro atoms. The Morgan fingerprint density at radius 1 is 1.55 bits per heavy atom. The van der Waals surface area contributed by atoms with Crippen LogP contribution in [0, 0.1) is 5.92 Å². The molecule has 2 unspecified atom stereocenters. The molecule has 0 amide bonds. The minimum atomic E-state index is -0.101. The molecule has 3 nitrogen and oxygen atoms in total. The number of nitrogens with one attached hydrogen (secondary N) is 1. The molecule has 64 valence electrons. The number of hydrogen-bond acceptors (Lipinski definition) is 3. The number of carbonyl (C=O) groups excluding carboxylic acids is 1. The number of aldehydes is 1. The van der Waals surface area contributed by atoms with Gasteiger partial charge in [0.15, 0.2) is 0 Å². The minimum Gasteiger partial charge on any atom is -0.378 e. The van der Waals surface area contributed by atoms with Crippen LogP contribution in [-0.2, 0) is 9.53 Å². The van der Waals surface area contributed by atoms with E-state index in [0.717, 1.165) is 12.9 Å². The summed E-state index contributed by atoms with van der Waals surface area (Å²) in [5.74, 6) is 0.526. The molecule has 0 bridgehead atoms. The summed E-state index contributed by atoms with van der Waals surface area (Å²) in [5.41, 5.74) is 0. The first-order chi connectivity index (χ1) is 5.24. The third-order valence-electron chi connectivity index (χ3n) is 1.99. The van der Waals surface area contributed by atoms with Crippen LogP contribution in [-0.4, -0.2) is 31.6 Å². The Hall–Kier alpha value is -0.410. The van der Waals surface area contributed by atoms with Gasteiger partial charge in [0.25, 0.3) is 0 Å². The van der Waals surface area contributed by atoms with E-state index in [1.165, 1.54) is 0 Å². The third kappa shape index (κ3) is 2.27.